The number of likely N-dealkylation sites (N-methyl/N-ethyl adjacent to an activating group) is 1. The van der Waals surface area contributed by atoms with Crippen LogP contribution in [0.4, 0.5) is 14.6 Å². The number of hydrogen-bond acceptors (Lipinski definition) is 7. The summed E-state index contributed by atoms with van der Waals surface area (Å²) in [4.78, 5) is 18.3. The van der Waals surface area contributed by atoms with E-state index in [-0.39, 0.29) is 34.9 Å². The summed E-state index contributed by atoms with van der Waals surface area (Å²) in [5, 5.41) is 6.12. The molecule has 0 unspecified atom stereocenters. The number of halogens is 3. The van der Waals surface area contributed by atoms with E-state index in [0.717, 1.165) is 43.0 Å². The molecule has 2 aromatic heterocycles. The van der Waals surface area contributed by atoms with Gasteiger partial charge in [0.15, 0.2) is 5.82 Å². The number of rotatable bonds is 8. The normalized spacial score (nSPS) is 23.4. The lowest BCUT2D eigenvalue weighted by Gasteiger charge is -2.47. The van der Waals surface area contributed by atoms with E-state index in [1.54, 1.807) is 12.3 Å². The SMILES string of the molecule is CN(C)C1(CNc2nc(OC[C@@]34CCCN3C[C@H](F)C4)nc3c(F)c(-c4cccc5cccc(Cl)c45)ncc23)CCC1. The molecule has 220 valence electrons. The van der Waals surface area contributed by atoms with Crippen LogP contribution in [0.5, 0.6) is 6.01 Å². The van der Waals surface area contributed by atoms with Crippen LogP contribution >= 0.6 is 11.6 Å². The van der Waals surface area contributed by atoms with Gasteiger partial charge in [0.2, 0.25) is 0 Å². The fraction of sp³-hybridized carbons (Fsp3) is 0.469. The van der Waals surface area contributed by atoms with Crippen molar-refractivity contribution in [2.45, 2.75) is 55.8 Å². The standard InChI is InChI=1S/C32H35ClF2N6O/c1-40(2)31(11-5-12-31)18-37-29-23-16-36-27(22-9-3-7-20-8-4-10-24(33)25(20)22)26(35)28(23)38-30(39-29)42-19-32-13-6-14-41(32)17-21(34)15-32/h3-4,7-10,16,21H,5-6,11-15,17-19H2,1-2H3,(H,37,38,39)/t21-,32+/m1/s1. The summed E-state index contributed by atoms with van der Waals surface area (Å²) < 4.78 is 37.1. The van der Waals surface area contributed by atoms with Gasteiger partial charge >= 0.3 is 6.01 Å². The molecule has 1 aliphatic carbocycles. The van der Waals surface area contributed by atoms with Gasteiger partial charge in [0, 0.05) is 47.2 Å². The number of nitrogens with one attached hydrogen (secondary N) is 1. The molecule has 1 N–H and O–H groups in total. The van der Waals surface area contributed by atoms with Crippen molar-refractivity contribution in [1.82, 2.24) is 24.8 Å². The minimum absolute atomic E-state index is 0.00715. The molecule has 0 bridgehead atoms. The highest BCUT2D eigenvalue weighted by molar-refractivity contribution is 6.36. The van der Waals surface area contributed by atoms with Crippen LogP contribution in [0, 0.1) is 5.82 Å². The summed E-state index contributed by atoms with van der Waals surface area (Å²) in [5.41, 5.74) is 0.521. The Morgan fingerprint density at radius 2 is 1.93 bits per heavy atom. The first-order valence-electron chi connectivity index (χ1n) is 14.8. The summed E-state index contributed by atoms with van der Waals surface area (Å²) in [5.74, 6) is -0.0841. The van der Waals surface area contributed by atoms with E-state index in [0.29, 0.717) is 41.3 Å². The molecule has 0 radical (unpaired) electrons. The number of benzene rings is 2. The molecule has 42 heavy (non-hydrogen) atoms. The van der Waals surface area contributed by atoms with E-state index < -0.39 is 12.0 Å². The Balaban J connectivity index is 1.30. The van der Waals surface area contributed by atoms with Gasteiger partial charge in [-0.2, -0.15) is 9.97 Å². The van der Waals surface area contributed by atoms with Crippen LogP contribution in [0.3, 0.4) is 0 Å². The molecule has 0 amide bonds. The van der Waals surface area contributed by atoms with Crippen LogP contribution in [0.2, 0.25) is 5.02 Å². The molecule has 2 saturated heterocycles. The number of aromatic nitrogens is 3. The highest BCUT2D eigenvalue weighted by Gasteiger charge is 2.49. The summed E-state index contributed by atoms with van der Waals surface area (Å²) in [6.07, 6.45) is 6.36. The molecule has 0 spiro atoms. The van der Waals surface area contributed by atoms with Crippen LogP contribution in [0.25, 0.3) is 32.9 Å². The van der Waals surface area contributed by atoms with Gasteiger partial charge in [-0.1, -0.05) is 41.9 Å². The lowest BCUT2D eigenvalue weighted by Crippen LogP contribution is -2.54. The Labute approximate surface area is 249 Å². The second-order valence-electron chi connectivity index (χ2n) is 12.4. The maximum Gasteiger partial charge on any atom is 0.319 e. The monoisotopic (exact) mass is 592 g/mol. The first-order valence-corrected chi connectivity index (χ1v) is 15.1. The third kappa shape index (κ3) is 4.57. The Bertz CT molecular complexity index is 1660. The average Bonchev–Trinajstić information content (AvgIpc) is 3.47. The first-order chi connectivity index (χ1) is 20.3. The van der Waals surface area contributed by atoms with E-state index in [9.17, 15) is 4.39 Å². The van der Waals surface area contributed by atoms with Gasteiger partial charge in [0.25, 0.3) is 0 Å². The van der Waals surface area contributed by atoms with Crippen molar-refractivity contribution in [3.63, 3.8) is 0 Å². The third-order valence-corrected chi connectivity index (χ3v) is 10.1. The lowest BCUT2D eigenvalue weighted by molar-refractivity contribution is 0.0738. The average molecular weight is 593 g/mol. The lowest BCUT2D eigenvalue weighted by atomic mass is 9.75. The van der Waals surface area contributed by atoms with Crippen molar-refractivity contribution >= 4 is 39.1 Å². The van der Waals surface area contributed by atoms with E-state index >= 15 is 4.39 Å². The van der Waals surface area contributed by atoms with E-state index in [1.807, 2.05) is 30.3 Å². The zero-order valence-electron chi connectivity index (χ0n) is 24.0. The molecule has 2 aliphatic heterocycles. The molecule has 2 aromatic carbocycles. The number of nitrogens with zero attached hydrogens (tertiary/aromatic N) is 5. The molecular formula is C32H35ClF2N6O. The van der Waals surface area contributed by atoms with E-state index in [1.165, 1.54) is 6.42 Å². The predicted octanol–water partition coefficient (Wildman–Crippen LogP) is 6.49. The van der Waals surface area contributed by atoms with Crippen molar-refractivity contribution in [2.24, 2.45) is 0 Å². The van der Waals surface area contributed by atoms with Crippen molar-refractivity contribution in [3.05, 3.63) is 53.4 Å². The van der Waals surface area contributed by atoms with Gasteiger partial charge in [0.1, 0.15) is 29.8 Å². The number of pyridine rings is 1. The summed E-state index contributed by atoms with van der Waals surface area (Å²) in [7, 11) is 4.17. The quantitative estimate of drug-likeness (QED) is 0.251. The van der Waals surface area contributed by atoms with Gasteiger partial charge in [-0.25, -0.2) is 8.78 Å². The first kappa shape index (κ1) is 27.7. The summed E-state index contributed by atoms with van der Waals surface area (Å²) in [6, 6.07) is 11.3. The van der Waals surface area contributed by atoms with Crippen molar-refractivity contribution < 1.29 is 13.5 Å². The fourth-order valence-corrected chi connectivity index (χ4v) is 7.46. The van der Waals surface area contributed by atoms with Gasteiger partial charge in [-0.15, -0.1) is 0 Å². The number of ether oxygens (including phenoxy) is 1. The van der Waals surface area contributed by atoms with Crippen LogP contribution in [-0.4, -0.2) is 82.3 Å². The largest absolute Gasteiger partial charge is 0.461 e. The van der Waals surface area contributed by atoms with Gasteiger partial charge < -0.3 is 15.0 Å². The van der Waals surface area contributed by atoms with Crippen LogP contribution in [-0.2, 0) is 0 Å². The van der Waals surface area contributed by atoms with E-state index in [4.69, 9.17) is 21.3 Å². The topological polar surface area (TPSA) is 66.4 Å². The fourth-order valence-electron chi connectivity index (χ4n) is 7.18. The van der Waals surface area contributed by atoms with Gasteiger partial charge in [-0.3, -0.25) is 9.88 Å². The molecule has 7 rings (SSSR count). The predicted molar refractivity (Wildman–Crippen MR) is 163 cm³/mol. The van der Waals surface area contributed by atoms with Crippen LogP contribution in [0.1, 0.15) is 38.5 Å². The number of alkyl halides is 1. The van der Waals surface area contributed by atoms with Crippen LogP contribution < -0.4 is 10.1 Å². The Morgan fingerprint density at radius 3 is 2.69 bits per heavy atom. The van der Waals surface area contributed by atoms with Crippen molar-refractivity contribution in [3.8, 4) is 17.3 Å². The Kier molecular flexibility index (Phi) is 6.95. The molecule has 1 saturated carbocycles. The molecule has 3 fully saturated rings. The molecule has 4 aromatic rings. The second-order valence-corrected chi connectivity index (χ2v) is 12.8. The van der Waals surface area contributed by atoms with Crippen molar-refractivity contribution in [2.75, 3.05) is 45.7 Å². The minimum atomic E-state index is -0.869. The van der Waals surface area contributed by atoms with Crippen LogP contribution in [0.15, 0.2) is 42.6 Å². The second kappa shape index (κ2) is 10.5. The maximum absolute atomic E-state index is 16.5. The summed E-state index contributed by atoms with van der Waals surface area (Å²) in [6.45, 7) is 2.20. The smallest absolute Gasteiger partial charge is 0.319 e. The molecule has 10 heteroatoms. The Morgan fingerprint density at radius 1 is 1.12 bits per heavy atom. The molecule has 7 nitrogen and oxygen atoms in total. The third-order valence-electron chi connectivity index (χ3n) is 9.82. The van der Waals surface area contributed by atoms with Crippen molar-refractivity contribution in [1.29, 1.82) is 0 Å². The molecule has 4 heterocycles. The number of hydrogen-bond donors (Lipinski definition) is 1. The molecular weight excluding hydrogens is 558 g/mol. The highest BCUT2D eigenvalue weighted by Crippen LogP contribution is 2.41. The zero-order valence-corrected chi connectivity index (χ0v) is 24.7. The minimum Gasteiger partial charge on any atom is -0.461 e. The maximum atomic E-state index is 16.5. The zero-order chi connectivity index (χ0) is 29.1. The van der Waals surface area contributed by atoms with E-state index in [2.05, 4.69) is 39.2 Å². The number of fused-ring (bicyclic) bond motifs is 3. The Hall–Kier alpha value is -3.14. The number of anilines is 1. The van der Waals surface area contributed by atoms with Gasteiger partial charge in [-0.05, 0) is 64.2 Å². The molecule has 3 aliphatic rings. The molecule has 2 atom stereocenters. The summed E-state index contributed by atoms with van der Waals surface area (Å²) >= 11 is 6.58. The highest BCUT2D eigenvalue weighted by atomic mass is 35.5. The van der Waals surface area contributed by atoms with Gasteiger partial charge in [0.05, 0.1) is 10.9 Å².